The van der Waals surface area contributed by atoms with Gasteiger partial charge in [0, 0.05) is 0 Å². The number of fused-ring (bicyclic) bond motifs is 1. The van der Waals surface area contributed by atoms with Crippen LogP contribution in [0.25, 0.3) is 22.3 Å². The zero-order valence-corrected chi connectivity index (χ0v) is 18.1. The summed E-state index contributed by atoms with van der Waals surface area (Å²) in [7, 11) is -3.01. The average Bonchev–Trinajstić information content (AvgIpc) is 3.11. The summed E-state index contributed by atoms with van der Waals surface area (Å²) in [4.78, 5) is 0. The molecule has 0 spiro atoms. The molecule has 0 aromatic heterocycles. The predicted molar refractivity (Wildman–Crippen MR) is 127 cm³/mol. The van der Waals surface area contributed by atoms with E-state index in [2.05, 4.69) is 78.9 Å². The first kappa shape index (κ1) is 19.8. The van der Waals surface area contributed by atoms with Gasteiger partial charge in [-0.15, -0.1) is 0 Å². The van der Waals surface area contributed by atoms with Crippen molar-refractivity contribution in [3.05, 3.63) is 119 Å². The molecule has 0 amide bonds. The summed E-state index contributed by atoms with van der Waals surface area (Å²) in [5, 5.41) is 0. The van der Waals surface area contributed by atoms with Crippen molar-refractivity contribution < 1.29 is 8.42 Å². The van der Waals surface area contributed by atoms with E-state index in [1.165, 1.54) is 22.3 Å². The highest BCUT2D eigenvalue weighted by molar-refractivity contribution is 7.90. The molecule has 2 nitrogen and oxygen atoms in total. The van der Waals surface area contributed by atoms with Crippen LogP contribution in [0.2, 0.25) is 0 Å². The molecule has 1 aliphatic heterocycles. The lowest BCUT2D eigenvalue weighted by atomic mass is 9.90. The maximum absolute atomic E-state index is 12.1. The third-order valence-corrected chi connectivity index (χ3v) is 7.48. The number of sulfone groups is 1. The highest BCUT2D eigenvalue weighted by atomic mass is 32.2. The number of hydrogen-bond acceptors (Lipinski definition) is 2. The first-order valence-electron chi connectivity index (χ1n) is 10.6. The van der Waals surface area contributed by atoms with E-state index in [9.17, 15) is 8.42 Å². The van der Waals surface area contributed by atoms with Crippen LogP contribution >= 0.6 is 0 Å². The Kier molecular flexibility index (Phi) is 5.21. The van der Waals surface area contributed by atoms with Gasteiger partial charge in [0.2, 0.25) is 0 Å². The molecule has 0 N–H and O–H groups in total. The quantitative estimate of drug-likeness (QED) is 0.380. The average molecular weight is 425 g/mol. The van der Waals surface area contributed by atoms with E-state index in [1.807, 2.05) is 18.2 Å². The molecule has 0 radical (unpaired) electrons. The third-order valence-electron chi connectivity index (χ3n) is 5.98. The van der Waals surface area contributed by atoms with Gasteiger partial charge < -0.3 is 0 Å². The molecule has 1 heterocycles. The largest absolute Gasteiger partial charge is 0.228 e. The molecular weight excluding hydrogens is 400 g/mol. The fourth-order valence-corrected chi connectivity index (χ4v) is 5.98. The van der Waals surface area contributed by atoms with E-state index in [1.54, 1.807) is 0 Å². The van der Waals surface area contributed by atoms with Crippen molar-refractivity contribution in [2.24, 2.45) is 0 Å². The van der Waals surface area contributed by atoms with Crippen LogP contribution in [0.1, 0.15) is 22.3 Å². The smallest absolute Gasteiger partial charge is 0.158 e. The molecule has 1 aliphatic rings. The van der Waals surface area contributed by atoms with Crippen molar-refractivity contribution in [3.8, 4) is 22.3 Å². The molecular formula is C28H24O2S. The normalized spacial score (nSPS) is 14.3. The molecule has 0 saturated heterocycles. The van der Waals surface area contributed by atoms with Crippen molar-refractivity contribution in [2.75, 3.05) is 0 Å². The molecule has 4 aromatic carbocycles. The van der Waals surface area contributed by atoms with Crippen LogP contribution in [0.5, 0.6) is 0 Å². The lowest BCUT2D eigenvalue weighted by molar-refractivity contribution is 0.598. The van der Waals surface area contributed by atoms with E-state index in [0.29, 0.717) is 0 Å². The van der Waals surface area contributed by atoms with E-state index in [0.717, 1.165) is 35.1 Å². The van der Waals surface area contributed by atoms with Crippen molar-refractivity contribution in [1.82, 2.24) is 0 Å². The fourth-order valence-electron chi connectivity index (χ4n) is 4.38. The molecule has 0 atom stereocenters. The van der Waals surface area contributed by atoms with Crippen LogP contribution in [0, 0.1) is 0 Å². The van der Waals surface area contributed by atoms with E-state index in [4.69, 9.17) is 0 Å². The van der Waals surface area contributed by atoms with Gasteiger partial charge in [0.1, 0.15) is 0 Å². The Bertz CT molecular complexity index is 1320. The molecule has 31 heavy (non-hydrogen) atoms. The van der Waals surface area contributed by atoms with Gasteiger partial charge in [-0.05, 0) is 63.4 Å². The van der Waals surface area contributed by atoms with Gasteiger partial charge >= 0.3 is 0 Å². The van der Waals surface area contributed by atoms with E-state index < -0.39 is 9.84 Å². The van der Waals surface area contributed by atoms with E-state index in [-0.39, 0.29) is 11.5 Å². The first-order valence-corrected chi connectivity index (χ1v) is 12.4. The second-order valence-electron chi connectivity index (χ2n) is 8.25. The molecule has 0 aliphatic carbocycles. The molecule has 0 unspecified atom stereocenters. The molecule has 5 rings (SSSR count). The molecule has 4 aromatic rings. The Labute approximate surface area is 184 Å². The SMILES string of the molecule is O=S1(=O)Cc2ccc(-c3cc(CCc4ccccc4)ccc3-c3ccccc3)cc2C1. The van der Waals surface area contributed by atoms with Crippen LogP contribution in [-0.2, 0) is 34.2 Å². The van der Waals surface area contributed by atoms with Crippen molar-refractivity contribution in [1.29, 1.82) is 0 Å². The summed E-state index contributed by atoms with van der Waals surface area (Å²) in [5.41, 5.74) is 9.06. The summed E-state index contributed by atoms with van der Waals surface area (Å²) in [5.74, 6) is 0.301. The Morgan fingerprint density at radius 2 is 1.23 bits per heavy atom. The first-order chi connectivity index (χ1) is 15.1. The van der Waals surface area contributed by atoms with Gasteiger partial charge in [0.15, 0.2) is 9.84 Å². The zero-order chi connectivity index (χ0) is 21.3. The highest BCUT2D eigenvalue weighted by Gasteiger charge is 2.25. The van der Waals surface area contributed by atoms with Crippen molar-refractivity contribution >= 4 is 9.84 Å². The van der Waals surface area contributed by atoms with Crippen LogP contribution in [-0.4, -0.2) is 8.42 Å². The molecule has 0 bridgehead atoms. The zero-order valence-electron chi connectivity index (χ0n) is 17.3. The Balaban J connectivity index is 1.55. The van der Waals surface area contributed by atoms with Crippen LogP contribution < -0.4 is 0 Å². The highest BCUT2D eigenvalue weighted by Crippen LogP contribution is 2.36. The van der Waals surface area contributed by atoms with Gasteiger partial charge in [-0.3, -0.25) is 0 Å². The minimum atomic E-state index is -3.01. The Morgan fingerprint density at radius 1 is 0.548 bits per heavy atom. The fraction of sp³-hybridized carbons (Fsp3) is 0.143. The monoisotopic (exact) mass is 424 g/mol. The van der Waals surface area contributed by atoms with Crippen molar-refractivity contribution in [3.63, 3.8) is 0 Å². The molecule has 0 fully saturated rings. The maximum atomic E-state index is 12.1. The predicted octanol–water partition coefficient (Wildman–Crippen LogP) is 6.23. The Hall–Kier alpha value is -3.17. The van der Waals surface area contributed by atoms with Crippen LogP contribution in [0.15, 0.2) is 97.1 Å². The number of hydrogen-bond donors (Lipinski definition) is 0. The van der Waals surface area contributed by atoms with Gasteiger partial charge in [-0.25, -0.2) is 8.42 Å². The topological polar surface area (TPSA) is 34.1 Å². The number of rotatable bonds is 5. The summed E-state index contributed by atoms with van der Waals surface area (Å²) in [6.07, 6.45) is 1.96. The van der Waals surface area contributed by atoms with Crippen LogP contribution in [0.3, 0.4) is 0 Å². The minimum absolute atomic E-state index is 0.143. The van der Waals surface area contributed by atoms with Gasteiger partial charge in [0.25, 0.3) is 0 Å². The second kappa shape index (κ2) is 8.16. The standard InChI is InChI=1S/C28H24O2S/c29-31(30)19-25-15-14-24(18-26(25)20-31)28-17-22(12-11-21-7-3-1-4-8-21)13-16-27(28)23-9-5-2-6-10-23/h1-10,13-18H,11-12,19-20H2. The lowest BCUT2D eigenvalue weighted by Gasteiger charge is -2.14. The molecule has 0 saturated carbocycles. The van der Waals surface area contributed by atoms with Gasteiger partial charge in [-0.1, -0.05) is 91.0 Å². The van der Waals surface area contributed by atoms with Crippen LogP contribution in [0.4, 0.5) is 0 Å². The second-order valence-corrected chi connectivity index (χ2v) is 10.3. The van der Waals surface area contributed by atoms with Crippen molar-refractivity contribution in [2.45, 2.75) is 24.3 Å². The molecule has 3 heteroatoms. The number of benzene rings is 4. The minimum Gasteiger partial charge on any atom is -0.228 e. The summed E-state index contributed by atoms with van der Waals surface area (Å²) >= 11 is 0. The number of aryl methyl sites for hydroxylation is 2. The third kappa shape index (κ3) is 4.33. The summed E-state index contributed by atoms with van der Waals surface area (Å²) in [6.45, 7) is 0. The maximum Gasteiger partial charge on any atom is 0.158 e. The summed E-state index contributed by atoms with van der Waals surface area (Å²) in [6, 6.07) is 33.7. The van der Waals surface area contributed by atoms with E-state index >= 15 is 0 Å². The van der Waals surface area contributed by atoms with Gasteiger partial charge in [-0.2, -0.15) is 0 Å². The lowest BCUT2D eigenvalue weighted by Crippen LogP contribution is -1.95. The van der Waals surface area contributed by atoms with Gasteiger partial charge in [0.05, 0.1) is 11.5 Å². The molecule has 154 valence electrons. The Morgan fingerprint density at radius 3 is 2.00 bits per heavy atom. The summed E-state index contributed by atoms with van der Waals surface area (Å²) < 4.78 is 24.2.